The van der Waals surface area contributed by atoms with Crippen molar-refractivity contribution in [1.29, 1.82) is 5.26 Å². The van der Waals surface area contributed by atoms with E-state index < -0.39 is 0 Å². The number of benzene rings is 2. The van der Waals surface area contributed by atoms with Crippen LogP contribution >= 0.6 is 0 Å². The van der Waals surface area contributed by atoms with Crippen molar-refractivity contribution < 1.29 is 14.3 Å². The Morgan fingerprint density at radius 1 is 1.03 bits per heavy atom. The van der Waals surface area contributed by atoms with Gasteiger partial charge in [0.25, 0.3) is 11.8 Å². The Bertz CT molecular complexity index is 1080. The number of hydrazone groups is 1. The Morgan fingerprint density at radius 2 is 1.70 bits per heavy atom. The molecule has 4 atom stereocenters. The Balaban J connectivity index is 1.23. The molecule has 2 aromatic carbocycles. The summed E-state index contributed by atoms with van der Waals surface area (Å²) in [6.45, 7) is 0.299. The molecule has 5 rings (SSSR count). The summed E-state index contributed by atoms with van der Waals surface area (Å²) in [4.78, 5) is 25.3. The van der Waals surface area contributed by atoms with Gasteiger partial charge in [-0.05, 0) is 54.2 Å². The summed E-state index contributed by atoms with van der Waals surface area (Å²) in [5.41, 5.74) is 2.18. The smallest absolute Gasteiger partial charge is 0.254 e. The lowest BCUT2D eigenvalue weighted by Gasteiger charge is -2.13. The molecule has 1 heterocycles. The molecular formula is C24H19N3O3. The van der Waals surface area contributed by atoms with Gasteiger partial charge < -0.3 is 4.74 Å². The molecule has 30 heavy (non-hydrogen) atoms. The second kappa shape index (κ2) is 7.27. The zero-order valence-electron chi connectivity index (χ0n) is 16.1. The van der Waals surface area contributed by atoms with Gasteiger partial charge in [0, 0.05) is 5.56 Å². The van der Waals surface area contributed by atoms with E-state index in [1.54, 1.807) is 18.2 Å². The van der Waals surface area contributed by atoms with Crippen LogP contribution in [0.3, 0.4) is 0 Å². The lowest BCUT2D eigenvalue weighted by atomic mass is 9.85. The molecule has 0 aromatic heterocycles. The van der Waals surface area contributed by atoms with E-state index in [0.29, 0.717) is 17.9 Å². The second-order valence-electron chi connectivity index (χ2n) is 7.86. The number of imide groups is 1. The third-order valence-corrected chi connectivity index (χ3v) is 6.18. The van der Waals surface area contributed by atoms with Gasteiger partial charge >= 0.3 is 0 Å². The normalized spacial score (nSPS) is 26.4. The van der Waals surface area contributed by atoms with Crippen molar-refractivity contribution in [3.63, 3.8) is 0 Å². The molecular weight excluding hydrogens is 378 g/mol. The highest BCUT2D eigenvalue weighted by atomic mass is 16.5. The number of amides is 2. The van der Waals surface area contributed by atoms with Crippen LogP contribution in [0.2, 0.25) is 0 Å². The van der Waals surface area contributed by atoms with Crippen molar-refractivity contribution in [3.8, 4) is 11.8 Å². The maximum Gasteiger partial charge on any atom is 0.254 e. The molecule has 1 saturated heterocycles. The summed E-state index contributed by atoms with van der Waals surface area (Å²) in [6.07, 6.45) is 6.57. The van der Waals surface area contributed by atoms with Crippen LogP contribution in [0.4, 0.5) is 0 Å². The fraction of sp³-hybridized carbons (Fsp3) is 0.250. The summed E-state index contributed by atoms with van der Waals surface area (Å²) < 4.78 is 5.76. The molecule has 148 valence electrons. The van der Waals surface area contributed by atoms with Crippen molar-refractivity contribution in [1.82, 2.24) is 5.01 Å². The molecule has 1 aliphatic heterocycles. The van der Waals surface area contributed by atoms with E-state index in [-0.39, 0.29) is 35.5 Å². The second-order valence-corrected chi connectivity index (χ2v) is 7.86. The Kier molecular flexibility index (Phi) is 4.44. The molecule has 0 spiro atoms. The first-order valence-corrected chi connectivity index (χ1v) is 9.96. The first-order chi connectivity index (χ1) is 14.7. The van der Waals surface area contributed by atoms with E-state index in [2.05, 4.69) is 23.3 Å². The zero-order valence-corrected chi connectivity index (χ0v) is 16.1. The highest BCUT2D eigenvalue weighted by Crippen LogP contribution is 2.52. The van der Waals surface area contributed by atoms with E-state index in [0.717, 1.165) is 22.6 Å². The van der Waals surface area contributed by atoms with Crippen LogP contribution < -0.4 is 4.74 Å². The molecule has 2 amide bonds. The van der Waals surface area contributed by atoms with E-state index in [9.17, 15) is 9.59 Å². The molecule has 2 bridgehead atoms. The molecule has 2 aromatic rings. The van der Waals surface area contributed by atoms with Crippen LogP contribution in [0.25, 0.3) is 0 Å². The van der Waals surface area contributed by atoms with Crippen LogP contribution in [0.1, 0.15) is 23.1 Å². The monoisotopic (exact) mass is 397 g/mol. The van der Waals surface area contributed by atoms with Gasteiger partial charge in [-0.3, -0.25) is 9.59 Å². The summed E-state index contributed by atoms with van der Waals surface area (Å²) >= 11 is 0. The molecule has 2 aliphatic carbocycles. The predicted molar refractivity (Wildman–Crippen MR) is 109 cm³/mol. The minimum Gasteiger partial charge on any atom is -0.489 e. The molecule has 2 fully saturated rings. The Labute approximate surface area is 174 Å². The molecule has 6 nitrogen and oxygen atoms in total. The lowest BCUT2D eigenvalue weighted by Crippen LogP contribution is -2.28. The van der Waals surface area contributed by atoms with Crippen molar-refractivity contribution in [2.75, 3.05) is 0 Å². The molecule has 0 unspecified atom stereocenters. The van der Waals surface area contributed by atoms with Crippen LogP contribution in [-0.2, 0) is 16.2 Å². The highest BCUT2D eigenvalue weighted by Gasteiger charge is 2.59. The Morgan fingerprint density at radius 3 is 2.37 bits per heavy atom. The predicted octanol–water partition coefficient (Wildman–Crippen LogP) is 3.28. The maximum atomic E-state index is 12.6. The summed E-state index contributed by atoms with van der Waals surface area (Å²) in [6, 6.07) is 16.7. The largest absolute Gasteiger partial charge is 0.489 e. The molecule has 1 saturated carbocycles. The fourth-order valence-corrected chi connectivity index (χ4v) is 4.69. The summed E-state index contributed by atoms with van der Waals surface area (Å²) in [5.74, 6) is 0.167. The number of nitrogens with zero attached hydrogens (tertiary/aromatic N) is 3. The third-order valence-electron chi connectivity index (χ3n) is 6.18. The number of ether oxygens (including phenoxy) is 1. The standard InChI is InChI=1S/C24H19N3O3/c25-12-18-3-1-2-4-19(18)14-30-20-9-5-15(6-10-20)13-26-27-23(28)21-16-7-8-17(11-16)22(21)24(27)29/h1-10,13,16-17,21-22H,11,14H2/b26-13-/t16-,17-,21-,22-/m0/s1. The zero-order chi connectivity index (χ0) is 20.7. The van der Waals surface area contributed by atoms with Crippen molar-refractivity contribution in [2.45, 2.75) is 13.0 Å². The number of rotatable bonds is 5. The van der Waals surface area contributed by atoms with Crippen LogP contribution in [-0.4, -0.2) is 23.0 Å². The number of hydrogen-bond acceptors (Lipinski definition) is 5. The number of carbonyl (C=O) groups excluding carboxylic acids is 2. The minimum atomic E-state index is -0.239. The number of hydrogen-bond donors (Lipinski definition) is 0. The first-order valence-electron chi connectivity index (χ1n) is 9.96. The van der Waals surface area contributed by atoms with Gasteiger partial charge in [-0.15, -0.1) is 0 Å². The van der Waals surface area contributed by atoms with Gasteiger partial charge in [0.1, 0.15) is 12.4 Å². The van der Waals surface area contributed by atoms with Gasteiger partial charge in [-0.1, -0.05) is 30.4 Å². The maximum absolute atomic E-state index is 12.6. The Hall–Kier alpha value is -3.72. The summed E-state index contributed by atoms with van der Waals surface area (Å²) in [7, 11) is 0. The van der Waals surface area contributed by atoms with Gasteiger partial charge in [0.2, 0.25) is 0 Å². The van der Waals surface area contributed by atoms with Gasteiger partial charge in [0.15, 0.2) is 0 Å². The number of carbonyl (C=O) groups is 2. The SMILES string of the molecule is N#Cc1ccccc1COc1ccc(/C=N\N2C(=O)[C@@H]3[C@@H](C2=O)[C@H]2C=C[C@H]3C2)cc1. The van der Waals surface area contributed by atoms with E-state index in [1.807, 2.05) is 30.3 Å². The summed E-state index contributed by atoms with van der Waals surface area (Å²) in [5, 5.41) is 14.4. The van der Waals surface area contributed by atoms with Crippen LogP contribution in [0, 0.1) is 35.0 Å². The van der Waals surface area contributed by atoms with E-state index in [1.165, 1.54) is 6.21 Å². The first kappa shape index (κ1) is 18.3. The number of fused-ring (bicyclic) bond motifs is 5. The van der Waals surface area contributed by atoms with Crippen LogP contribution in [0.15, 0.2) is 65.8 Å². The average Bonchev–Trinajstić information content (AvgIpc) is 3.46. The lowest BCUT2D eigenvalue weighted by molar-refractivity contribution is -0.140. The van der Waals surface area contributed by atoms with Gasteiger partial charge in [0.05, 0.1) is 29.7 Å². The quantitative estimate of drug-likeness (QED) is 0.440. The molecule has 0 radical (unpaired) electrons. The van der Waals surface area contributed by atoms with Crippen molar-refractivity contribution >= 4 is 18.0 Å². The van der Waals surface area contributed by atoms with Gasteiger partial charge in [-0.2, -0.15) is 15.4 Å². The van der Waals surface area contributed by atoms with E-state index >= 15 is 0 Å². The molecule has 6 heteroatoms. The molecule has 3 aliphatic rings. The number of allylic oxidation sites excluding steroid dienone is 2. The van der Waals surface area contributed by atoms with E-state index in [4.69, 9.17) is 10.00 Å². The van der Waals surface area contributed by atoms with Gasteiger partial charge in [-0.25, -0.2) is 0 Å². The van der Waals surface area contributed by atoms with Crippen molar-refractivity contribution in [2.24, 2.45) is 28.8 Å². The number of nitriles is 1. The third kappa shape index (κ3) is 3.00. The van der Waals surface area contributed by atoms with Crippen molar-refractivity contribution in [3.05, 3.63) is 77.4 Å². The molecule has 0 N–H and O–H groups in total. The topological polar surface area (TPSA) is 82.8 Å². The average molecular weight is 397 g/mol. The fourth-order valence-electron chi connectivity index (χ4n) is 4.69. The highest BCUT2D eigenvalue weighted by molar-refractivity contribution is 6.06. The van der Waals surface area contributed by atoms with Crippen LogP contribution in [0.5, 0.6) is 5.75 Å². The minimum absolute atomic E-state index is 0.180.